The van der Waals surface area contributed by atoms with Crippen LogP contribution in [0.1, 0.15) is 46.3 Å². The number of anilines is 1. The number of hydrogen-bond donors (Lipinski definition) is 0. The van der Waals surface area contributed by atoms with Crippen molar-refractivity contribution in [3.05, 3.63) is 46.8 Å². The molecule has 3 aliphatic rings. The first-order valence-corrected chi connectivity index (χ1v) is 13.4. The Morgan fingerprint density at radius 2 is 1.85 bits per heavy atom. The van der Waals surface area contributed by atoms with E-state index >= 15 is 0 Å². The molecule has 1 spiro atoms. The maximum absolute atomic E-state index is 11.8. The average molecular weight is 471 g/mol. The third-order valence-electron chi connectivity index (χ3n) is 7.64. The summed E-state index contributed by atoms with van der Waals surface area (Å²) in [5, 5.41) is 0.0175. The number of ether oxygens (including phenoxy) is 1. The number of hydrogen-bond acceptors (Lipinski definition) is 8. The van der Waals surface area contributed by atoms with Gasteiger partial charge in [-0.3, -0.25) is 0 Å². The Hall–Kier alpha value is -2.52. The van der Waals surface area contributed by atoms with E-state index in [0.29, 0.717) is 12.0 Å². The third kappa shape index (κ3) is 4.36. The molecule has 0 unspecified atom stereocenters. The van der Waals surface area contributed by atoms with E-state index in [-0.39, 0.29) is 11.0 Å². The molecule has 0 amide bonds. The molecule has 1 aromatic heterocycles. The van der Waals surface area contributed by atoms with Crippen LogP contribution in [0.4, 0.5) is 5.82 Å². The molecule has 4 heterocycles. The third-order valence-corrected chi connectivity index (χ3v) is 8.61. The molecule has 5 rings (SSSR count). The lowest BCUT2D eigenvalue weighted by molar-refractivity contribution is 0.0535. The fourth-order valence-electron chi connectivity index (χ4n) is 5.45. The maximum Gasteiger partial charge on any atom is 0.338 e. The van der Waals surface area contributed by atoms with Crippen molar-refractivity contribution >= 4 is 21.6 Å². The van der Waals surface area contributed by atoms with Crippen LogP contribution >= 0.6 is 0 Å². The molecule has 8 nitrogen and oxygen atoms in total. The van der Waals surface area contributed by atoms with E-state index in [0.717, 1.165) is 75.2 Å². The monoisotopic (exact) mass is 470 g/mol. The van der Waals surface area contributed by atoms with Gasteiger partial charge >= 0.3 is 5.97 Å². The Balaban J connectivity index is 1.16. The second-order valence-corrected chi connectivity index (χ2v) is 11.7. The lowest BCUT2D eigenvalue weighted by Gasteiger charge is -2.39. The minimum Gasteiger partial charge on any atom is -0.457 e. The molecule has 0 bridgehead atoms. The van der Waals surface area contributed by atoms with Crippen LogP contribution in [0.2, 0.25) is 0 Å². The number of carbonyl (C=O) groups is 1. The van der Waals surface area contributed by atoms with Crippen LogP contribution < -0.4 is 4.90 Å². The number of piperidine rings is 1. The molecule has 3 aliphatic heterocycles. The zero-order chi connectivity index (χ0) is 23.2. The van der Waals surface area contributed by atoms with Crippen LogP contribution in [0, 0.1) is 12.3 Å². The first kappa shape index (κ1) is 22.3. The number of rotatable bonds is 5. The van der Waals surface area contributed by atoms with Gasteiger partial charge in [-0.1, -0.05) is 6.07 Å². The molecule has 2 fully saturated rings. The Bertz CT molecular complexity index is 1170. The van der Waals surface area contributed by atoms with Gasteiger partial charge in [0.2, 0.25) is 0 Å². The first-order chi connectivity index (χ1) is 15.7. The number of cyclic esters (lactones) is 1. The van der Waals surface area contributed by atoms with Crippen LogP contribution in [0.3, 0.4) is 0 Å². The first-order valence-electron chi connectivity index (χ1n) is 11.5. The van der Waals surface area contributed by atoms with E-state index in [4.69, 9.17) is 4.74 Å². The minimum absolute atomic E-state index is 0.0175. The summed E-state index contributed by atoms with van der Waals surface area (Å²) in [5.74, 6) is 0.548. The minimum atomic E-state index is -3.33. The van der Waals surface area contributed by atoms with Gasteiger partial charge in [-0.2, -0.15) is 0 Å². The topological polar surface area (TPSA) is 92.7 Å². The van der Waals surface area contributed by atoms with Gasteiger partial charge in [0.25, 0.3) is 0 Å². The Kier molecular flexibility index (Phi) is 5.64. The van der Waals surface area contributed by atoms with E-state index in [1.165, 1.54) is 23.7 Å². The van der Waals surface area contributed by atoms with Crippen molar-refractivity contribution in [3.8, 4) is 0 Å². The summed E-state index contributed by atoms with van der Waals surface area (Å²) in [7, 11) is -3.33. The molecule has 0 aliphatic carbocycles. The van der Waals surface area contributed by atoms with Gasteiger partial charge in [0, 0.05) is 38.0 Å². The maximum atomic E-state index is 11.8. The molecular formula is C24H30N4O4S. The number of likely N-dealkylation sites (tertiary alicyclic amines) is 1. The zero-order valence-corrected chi connectivity index (χ0v) is 20.0. The SMILES string of the molecule is Cc1c(CCN2CCC3(CCN(c4cnc(S(C)(=O)=O)cn4)CC3)C2)ccc2c1COC2=O. The normalized spacial score (nSPS) is 20.3. The van der Waals surface area contributed by atoms with Crippen molar-refractivity contribution in [2.45, 2.75) is 44.2 Å². The van der Waals surface area contributed by atoms with Crippen molar-refractivity contribution in [1.82, 2.24) is 14.9 Å². The standard InChI is InChI=1S/C24H30N4O4S/c1-17-18(3-4-19-20(17)15-32-23(19)29)5-9-27-10-6-24(16-27)7-11-28(12-8-24)21-13-26-22(14-25-21)33(2,30)31/h3-4,13-14H,5-12,15-16H2,1-2H3. The summed E-state index contributed by atoms with van der Waals surface area (Å²) in [4.78, 5) is 25.0. The van der Waals surface area contributed by atoms with E-state index < -0.39 is 9.84 Å². The average Bonchev–Trinajstić information content (AvgIpc) is 3.37. The predicted octanol–water partition coefficient (Wildman–Crippen LogP) is 2.39. The highest BCUT2D eigenvalue weighted by Crippen LogP contribution is 2.41. The Labute approximate surface area is 194 Å². The number of fused-ring (bicyclic) bond motifs is 1. The summed E-state index contributed by atoms with van der Waals surface area (Å²) in [6, 6.07) is 4.00. The molecule has 2 saturated heterocycles. The number of aromatic nitrogens is 2. The molecular weight excluding hydrogens is 440 g/mol. The van der Waals surface area contributed by atoms with E-state index in [1.54, 1.807) is 6.20 Å². The highest BCUT2D eigenvalue weighted by Gasteiger charge is 2.40. The van der Waals surface area contributed by atoms with Crippen molar-refractivity contribution in [3.63, 3.8) is 0 Å². The van der Waals surface area contributed by atoms with Crippen molar-refractivity contribution in [1.29, 1.82) is 0 Å². The fourth-order valence-corrected chi connectivity index (χ4v) is 5.94. The molecule has 0 saturated carbocycles. The van der Waals surface area contributed by atoms with Crippen molar-refractivity contribution in [2.24, 2.45) is 5.41 Å². The predicted molar refractivity (Wildman–Crippen MR) is 124 cm³/mol. The number of nitrogens with zero attached hydrogens (tertiary/aromatic N) is 4. The molecule has 1 aromatic carbocycles. The van der Waals surface area contributed by atoms with Crippen molar-refractivity contribution in [2.75, 3.05) is 43.9 Å². The van der Waals surface area contributed by atoms with Gasteiger partial charge in [-0.25, -0.2) is 23.2 Å². The highest BCUT2D eigenvalue weighted by molar-refractivity contribution is 7.90. The van der Waals surface area contributed by atoms with Crippen LogP contribution in [-0.4, -0.2) is 68.2 Å². The zero-order valence-electron chi connectivity index (χ0n) is 19.2. The lowest BCUT2D eigenvalue weighted by atomic mass is 9.78. The van der Waals surface area contributed by atoms with E-state index in [9.17, 15) is 13.2 Å². The summed E-state index contributed by atoms with van der Waals surface area (Å²) >= 11 is 0. The molecule has 0 radical (unpaired) electrons. The second kappa shape index (κ2) is 8.36. The van der Waals surface area contributed by atoms with Crippen LogP contribution in [0.5, 0.6) is 0 Å². The number of esters is 1. The highest BCUT2D eigenvalue weighted by atomic mass is 32.2. The van der Waals surface area contributed by atoms with Gasteiger partial charge in [0.1, 0.15) is 12.4 Å². The van der Waals surface area contributed by atoms with Gasteiger partial charge in [0.15, 0.2) is 14.9 Å². The van der Waals surface area contributed by atoms with E-state index in [1.807, 2.05) is 6.07 Å². The molecule has 9 heteroatoms. The fraction of sp³-hybridized carbons (Fsp3) is 0.542. The van der Waals surface area contributed by atoms with Crippen LogP contribution in [-0.2, 0) is 27.6 Å². The molecule has 2 aromatic rings. The van der Waals surface area contributed by atoms with Gasteiger partial charge in [-0.15, -0.1) is 0 Å². The number of sulfone groups is 1. The summed E-state index contributed by atoms with van der Waals surface area (Å²) in [5.41, 5.74) is 4.63. The summed E-state index contributed by atoms with van der Waals surface area (Å²) in [6.07, 6.45) is 8.49. The molecule has 33 heavy (non-hydrogen) atoms. The summed E-state index contributed by atoms with van der Waals surface area (Å²) in [6.45, 7) is 7.59. The smallest absolute Gasteiger partial charge is 0.338 e. The van der Waals surface area contributed by atoms with Crippen LogP contribution in [0.15, 0.2) is 29.6 Å². The van der Waals surface area contributed by atoms with Crippen LogP contribution in [0.25, 0.3) is 0 Å². The van der Waals surface area contributed by atoms with E-state index in [2.05, 4.69) is 32.8 Å². The van der Waals surface area contributed by atoms with Gasteiger partial charge in [0.05, 0.1) is 18.0 Å². The number of carbonyl (C=O) groups excluding carboxylic acids is 1. The molecule has 0 atom stereocenters. The van der Waals surface area contributed by atoms with Crippen molar-refractivity contribution < 1.29 is 17.9 Å². The summed E-state index contributed by atoms with van der Waals surface area (Å²) < 4.78 is 28.4. The van der Waals surface area contributed by atoms with Gasteiger partial charge < -0.3 is 14.5 Å². The Morgan fingerprint density at radius 1 is 1.09 bits per heavy atom. The lowest BCUT2D eigenvalue weighted by Crippen LogP contribution is -2.42. The largest absolute Gasteiger partial charge is 0.457 e. The molecule has 176 valence electrons. The van der Waals surface area contributed by atoms with Gasteiger partial charge in [-0.05, 0) is 61.8 Å². The second-order valence-electron chi connectivity index (χ2n) is 9.70. The quantitative estimate of drug-likeness (QED) is 0.615. The number of benzene rings is 1. The molecule has 0 N–H and O–H groups in total. The Morgan fingerprint density at radius 3 is 2.55 bits per heavy atom.